The van der Waals surface area contributed by atoms with Gasteiger partial charge in [0.05, 0.1) is 13.7 Å². The molecule has 0 aliphatic heterocycles. The van der Waals surface area contributed by atoms with Crippen LogP contribution in [0.3, 0.4) is 0 Å². The maximum atomic E-state index is 12.9. The van der Waals surface area contributed by atoms with Crippen molar-refractivity contribution < 1.29 is 18.7 Å². The molecule has 0 atom stereocenters. The Morgan fingerprint density at radius 2 is 1.59 bits per heavy atom. The Labute approximate surface area is 169 Å². The highest BCUT2D eigenvalue weighted by Crippen LogP contribution is 2.20. The van der Waals surface area contributed by atoms with Crippen LogP contribution in [0.1, 0.15) is 11.1 Å². The van der Waals surface area contributed by atoms with Crippen molar-refractivity contribution in [2.24, 2.45) is 0 Å². The number of nitrogens with one attached hydrogen (secondary N) is 1. The molecule has 1 amide bonds. The fourth-order valence-electron chi connectivity index (χ4n) is 2.72. The smallest absolute Gasteiger partial charge is 0.252 e. The van der Waals surface area contributed by atoms with Crippen LogP contribution in [-0.4, -0.2) is 26.2 Å². The van der Waals surface area contributed by atoms with E-state index in [1.165, 1.54) is 12.1 Å². The highest BCUT2D eigenvalue weighted by molar-refractivity contribution is 6.24. The summed E-state index contributed by atoms with van der Waals surface area (Å²) in [6.45, 7) is 0.602. The Bertz CT molecular complexity index is 952. The molecule has 0 radical (unpaired) electrons. The summed E-state index contributed by atoms with van der Waals surface area (Å²) in [5.74, 6) is 0.792. The lowest BCUT2D eigenvalue weighted by Gasteiger charge is -2.11. The third kappa shape index (κ3) is 5.94. The molecule has 0 bridgehead atoms. The minimum Gasteiger partial charge on any atom is -0.497 e. The van der Waals surface area contributed by atoms with Gasteiger partial charge in [0, 0.05) is 5.57 Å². The number of benzene rings is 3. The predicted molar refractivity (Wildman–Crippen MR) is 112 cm³/mol. The molecule has 0 aliphatic carbocycles. The number of rotatable bonds is 8. The second-order valence-electron chi connectivity index (χ2n) is 6.26. The number of ether oxygens (including phenoxy) is 2. The lowest BCUT2D eigenvalue weighted by atomic mass is 10.0. The minimum atomic E-state index is -0.318. The highest BCUT2D eigenvalue weighted by atomic mass is 19.1. The molecule has 4 nitrogen and oxygen atoms in total. The molecule has 29 heavy (non-hydrogen) atoms. The van der Waals surface area contributed by atoms with Crippen molar-refractivity contribution in [3.05, 3.63) is 95.8 Å². The zero-order valence-corrected chi connectivity index (χ0v) is 16.1. The molecule has 3 aromatic rings. The lowest BCUT2D eigenvalue weighted by molar-refractivity contribution is -0.115. The van der Waals surface area contributed by atoms with E-state index in [0.29, 0.717) is 17.9 Å². The van der Waals surface area contributed by atoms with E-state index in [2.05, 4.69) is 5.32 Å². The van der Waals surface area contributed by atoms with E-state index in [0.717, 1.165) is 16.9 Å². The third-order valence-electron chi connectivity index (χ3n) is 4.23. The predicted octanol–water partition coefficient (Wildman–Crippen LogP) is 4.57. The molecule has 5 heteroatoms. The summed E-state index contributed by atoms with van der Waals surface area (Å²) in [5.41, 5.74) is 2.26. The van der Waals surface area contributed by atoms with Gasteiger partial charge in [-0.2, -0.15) is 0 Å². The summed E-state index contributed by atoms with van der Waals surface area (Å²) in [6, 6.07) is 22.7. The molecule has 0 fully saturated rings. The van der Waals surface area contributed by atoms with E-state index < -0.39 is 0 Å². The molecular formula is C24H22FNO3. The van der Waals surface area contributed by atoms with Crippen LogP contribution in [0.15, 0.2) is 78.9 Å². The van der Waals surface area contributed by atoms with Crippen LogP contribution < -0.4 is 14.8 Å². The second-order valence-corrected chi connectivity index (χ2v) is 6.26. The van der Waals surface area contributed by atoms with Crippen molar-refractivity contribution in [2.45, 2.75) is 0 Å². The standard InChI is InChI=1S/C24H22FNO3/c1-28-21-11-7-18(8-12-21)17-23(19-5-3-2-4-6-19)24(27)26-15-16-29-22-13-9-20(25)10-14-22/h2-14,17H,15-16H2,1H3,(H,26,27)/b23-17+. The Kier molecular flexibility index (Phi) is 7.00. The van der Waals surface area contributed by atoms with Crippen molar-refractivity contribution in [3.8, 4) is 11.5 Å². The van der Waals surface area contributed by atoms with Gasteiger partial charge in [0.1, 0.15) is 23.9 Å². The zero-order chi connectivity index (χ0) is 20.5. The number of carbonyl (C=O) groups is 1. The fourth-order valence-corrected chi connectivity index (χ4v) is 2.72. The summed E-state index contributed by atoms with van der Waals surface area (Å²) in [6.07, 6.45) is 1.84. The Morgan fingerprint density at radius 1 is 0.931 bits per heavy atom. The maximum absolute atomic E-state index is 12.9. The maximum Gasteiger partial charge on any atom is 0.252 e. The quantitative estimate of drug-likeness (QED) is 0.348. The van der Waals surface area contributed by atoms with Gasteiger partial charge < -0.3 is 14.8 Å². The Balaban J connectivity index is 1.67. The molecule has 0 aromatic heterocycles. The molecule has 0 spiro atoms. The van der Waals surface area contributed by atoms with Crippen LogP contribution in [0.25, 0.3) is 11.6 Å². The summed E-state index contributed by atoms with van der Waals surface area (Å²) in [7, 11) is 1.61. The van der Waals surface area contributed by atoms with Crippen LogP contribution in [-0.2, 0) is 4.79 Å². The van der Waals surface area contributed by atoms with E-state index in [4.69, 9.17) is 9.47 Å². The Morgan fingerprint density at radius 3 is 2.24 bits per heavy atom. The summed E-state index contributed by atoms with van der Waals surface area (Å²) in [4.78, 5) is 12.8. The summed E-state index contributed by atoms with van der Waals surface area (Å²) in [5, 5.41) is 2.87. The second kappa shape index (κ2) is 10.1. The van der Waals surface area contributed by atoms with E-state index >= 15 is 0 Å². The molecular weight excluding hydrogens is 369 g/mol. The van der Waals surface area contributed by atoms with Crippen LogP contribution in [0, 0.1) is 5.82 Å². The van der Waals surface area contributed by atoms with E-state index in [-0.39, 0.29) is 18.3 Å². The molecule has 1 N–H and O–H groups in total. The summed E-state index contributed by atoms with van der Waals surface area (Å²) < 4.78 is 23.6. The molecule has 3 aromatic carbocycles. The molecule has 0 saturated carbocycles. The number of halogens is 1. The van der Waals surface area contributed by atoms with Crippen LogP contribution >= 0.6 is 0 Å². The highest BCUT2D eigenvalue weighted by Gasteiger charge is 2.12. The SMILES string of the molecule is COc1ccc(/C=C(/C(=O)NCCOc2ccc(F)cc2)c2ccccc2)cc1. The van der Waals surface area contributed by atoms with Gasteiger partial charge in [-0.3, -0.25) is 4.79 Å². The third-order valence-corrected chi connectivity index (χ3v) is 4.23. The van der Waals surface area contributed by atoms with Crippen molar-refractivity contribution in [3.63, 3.8) is 0 Å². The lowest BCUT2D eigenvalue weighted by Crippen LogP contribution is -2.28. The van der Waals surface area contributed by atoms with Crippen molar-refractivity contribution in [1.82, 2.24) is 5.32 Å². The molecule has 3 rings (SSSR count). The summed E-state index contributed by atoms with van der Waals surface area (Å²) >= 11 is 0. The number of hydrogen-bond acceptors (Lipinski definition) is 3. The van der Waals surface area contributed by atoms with Crippen molar-refractivity contribution >= 4 is 17.6 Å². The molecule has 0 saturated heterocycles. The van der Waals surface area contributed by atoms with Gasteiger partial charge >= 0.3 is 0 Å². The average molecular weight is 391 g/mol. The number of amides is 1. The van der Waals surface area contributed by atoms with Crippen LogP contribution in [0.5, 0.6) is 11.5 Å². The first-order valence-corrected chi connectivity index (χ1v) is 9.23. The first kappa shape index (κ1) is 20.1. The van der Waals surface area contributed by atoms with Gasteiger partial charge in [-0.1, -0.05) is 42.5 Å². The minimum absolute atomic E-state index is 0.199. The zero-order valence-electron chi connectivity index (χ0n) is 16.1. The number of methoxy groups -OCH3 is 1. The van der Waals surface area contributed by atoms with Gasteiger partial charge in [-0.05, 0) is 53.6 Å². The number of hydrogen-bond donors (Lipinski definition) is 1. The fraction of sp³-hybridized carbons (Fsp3) is 0.125. The molecule has 0 heterocycles. The van der Waals surface area contributed by atoms with E-state index in [1.807, 2.05) is 60.7 Å². The van der Waals surface area contributed by atoms with Crippen molar-refractivity contribution in [2.75, 3.05) is 20.3 Å². The van der Waals surface area contributed by atoms with Crippen molar-refractivity contribution in [1.29, 1.82) is 0 Å². The Hall–Kier alpha value is -3.60. The van der Waals surface area contributed by atoms with Gasteiger partial charge in [-0.25, -0.2) is 4.39 Å². The monoisotopic (exact) mass is 391 g/mol. The van der Waals surface area contributed by atoms with E-state index in [9.17, 15) is 9.18 Å². The van der Waals surface area contributed by atoms with E-state index in [1.54, 1.807) is 19.2 Å². The molecule has 148 valence electrons. The average Bonchev–Trinajstić information content (AvgIpc) is 2.77. The molecule has 0 aliphatic rings. The van der Waals surface area contributed by atoms with Gasteiger partial charge in [0.2, 0.25) is 0 Å². The molecule has 0 unspecified atom stereocenters. The topological polar surface area (TPSA) is 47.6 Å². The normalized spacial score (nSPS) is 11.0. The van der Waals surface area contributed by atoms with Crippen LogP contribution in [0.4, 0.5) is 4.39 Å². The van der Waals surface area contributed by atoms with Gasteiger partial charge in [0.15, 0.2) is 0 Å². The van der Waals surface area contributed by atoms with Gasteiger partial charge in [-0.15, -0.1) is 0 Å². The van der Waals surface area contributed by atoms with Crippen LogP contribution in [0.2, 0.25) is 0 Å². The largest absolute Gasteiger partial charge is 0.497 e. The van der Waals surface area contributed by atoms with Gasteiger partial charge in [0.25, 0.3) is 5.91 Å². The first-order chi connectivity index (χ1) is 14.2. The first-order valence-electron chi connectivity index (χ1n) is 9.23. The number of carbonyl (C=O) groups excluding carboxylic acids is 1.